The van der Waals surface area contributed by atoms with Gasteiger partial charge in [0.05, 0.1) is 0 Å². The van der Waals surface area contributed by atoms with Gasteiger partial charge in [-0.2, -0.15) is 0 Å². The monoisotopic (exact) mass is 357 g/mol. The molecule has 128 valence electrons. The Kier molecular flexibility index (Phi) is 6.14. The summed E-state index contributed by atoms with van der Waals surface area (Å²) in [6, 6.07) is 0.146. The van der Waals surface area contributed by atoms with Gasteiger partial charge in [0.15, 0.2) is 5.16 Å². The normalized spacial score (nSPS) is 18.8. The van der Waals surface area contributed by atoms with Gasteiger partial charge in [-0.05, 0) is 47.0 Å². The van der Waals surface area contributed by atoms with E-state index < -0.39 is 5.60 Å². The SMILES string of the molecule is Cc1cnc(SCC2CCCCN2C(=O)OC(C)(C)C)nc1Cl. The van der Waals surface area contributed by atoms with Gasteiger partial charge in [-0.25, -0.2) is 14.8 Å². The molecule has 1 atom stereocenters. The first-order valence-corrected chi connectivity index (χ1v) is 9.24. The highest BCUT2D eigenvalue weighted by atomic mass is 35.5. The molecular weight excluding hydrogens is 334 g/mol. The molecule has 2 heterocycles. The molecule has 1 unspecified atom stereocenters. The molecule has 7 heteroatoms. The van der Waals surface area contributed by atoms with Crippen molar-refractivity contribution < 1.29 is 9.53 Å². The van der Waals surface area contributed by atoms with Crippen molar-refractivity contribution in [3.8, 4) is 0 Å². The van der Waals surface area contributed by atoms with Crippen LogP contribution >= 0.6 is 23.4 Å². The van der Waals surface area contributed by atoms with Crippen LogP contribution in [-0.4, -0.2) is 44.9 Å². The molecule has 1 aliphatic heterocycles. The Labute approximate surface area is 147 Å². The minimum absolute atomic E-state index is 0.146. The quantitative estimate of drug-likeness (QED) is 0.458. The van der Waals surface area contributed by atoms with E-state index in [2.05, 4.69) is 9.97 Å². The minimum atomic E-state index is -0.472. The third-order valence-corrected chi connectivity index (χ3v) is 4.94. The number of hydrogen-bond donors (Lipinski definition) is 0. The van der Waals surface area contributed by atoms with Crippen LogP contribution in [0, 0.1) is 6.92 Å². The predicted molar refractivity (Wildman–Crippen MR) is 93.1 cm³/mol. The molecule has 1 saturated heterocycles. The minimum Gasteiger partial charge on any atom is -0.444 e. The van der Waals surface area contributed by atoms with Crippen molar-refractivity contribution in [2.24, 2.45) is 0 Å². The first kappa shape index (κ1) is 18.3. The highest BCUT2D eigenvalue weighted by Gasteiger charge is 2.30. The summed E-state index contributed by atoms with van der Waals surface area (Å²) in [6.45, 7) is 8.29. The fraction of sp³-hybridized carbons (Fsp3) is 0.688. The zero-order valence-corrected chi connectivity index (χ0v) is 15.7. The zero-order chi connectivity index (χ0) is 17.0. The van der Waals surface area contributed by atoms with Crippen LogP contribution in [-0.2, 0) is 4.74 Å². The summed E-state index contributed by atoms with van der Waals surface area (Å²) < 4.78 is 5.52. The largest absolute Gasteiger partial charge is 0.444 e. The number of aromatic nitrogens is 2. The number of aryl methyl sites for hydroxylation is 1. The van der Waals surface area contributed by atoms with Crippen LogP contribution in [0.3, 0.4) is 0 Å². The van der Waals surface area contributed by atoms with Gasteiger partial charge in [0, 0.05) is 30.1 Å². The first-order chi connectivity index (χ1) is 10.8. The van der Waals surface area contributed by atoms with Crippen LogP contribution in [0.2, 0.25) is 5.15 Å². The maximum atomic E-state index is 12.4. The number of ether oxygens (including phenoxy) is 1. The van der Waals surface area contributed by atoms with Crippen molar-refractivity contribution in [1.29, 1.82) is 0 Å². The van der Waals surface area contributed by atoms with Crippen LogP contribution in [0.15, 0.2) is 11.4 Å². The van der Waals surface area contributed by atoms with Crippen LogP contribution < -0.4 is 0 Å². The molecule has 0 N–H and O–H groups in total. The Balaban J connectivity index is 1.98. The van der Waals surface area contributed by atoms with Crippen molar-refractivity contribution in [3.63, 3.8) is 0 Å². The number of carbonyl (C=O) groups excluding carboxylic acids is 1. The summed E-state index contributed by atoms with van der Waals surface area (Å²) in [5.74, 6) is 0.749. The second kappa shape index (κ2) is 7.71. The molecule has 0 aliphatic carbocycles. The summed E-state index contributed by atoms with van der Waals surface area (Å²) in [5, 5.41) is 1.13. The van der Waals surface area contributed by atoms with Crippen LogP contribution in [0.25, 0.3) is 0 Å². The summed E-state index contributed by atoms with van der Waals surface area (Å²) in [6.07, 6.45) is 4.62. The lowest BCUT2D eigenvalue weighted by Gasteiger charge is -2.36. The number of amides is 1. The van der Waals surface area contributed by atoms with E-state index in [0.29, 0.717) is 10.3 Å². The van der Waals surface area contributed by atoms with Crippen molar-refractivity contribution in [1.82, 2.24) is 14.9 Å². The van der Waals surface area contributed by atoms with Gasteiger partial charge in [-0.1, -0.05) is 23.4 Å². The van der Waals surface area contributed by atoms with Gasteiger partial charge in [-0.3, -0.25) is 0 Å². The number of nitrogens with zero attached hydrogens (tertiary/aromatic N) is 3. The van der Waals surface area contributed by atoms with E-state index in [9.17, 15) is 4.79 Å². The average molecular weight is 358 g/mol. The van der Waals surface area contributed by atoms with Crippen molar-refractivity contribution in [2.75, 3.05) is 12.3 Å². The van der Waals surface area contributed by atoms with E-state index in [0.717, 1.165) is 37.1 Å². The second-order valence-electron chi connectivity index (χ2n) is 6.76. The van der Waals surface area contributed by atoms with Crippen molar-refractivity contribution >= 4 is 29.5 Å². The molecule has 23 heavy (non-hydrogen) atoms. The third-order valence-electron chi connectivity index (χ3n) is 3.55. The molecule has 5 nitrogen and oxygen atoms in total. The lowest BCUT2D eigenvalue weighted by Crippen LogP contribution is -2.47. The van der Waals surface area contributed by atoms with E-state index in [-0.39, 0.29) is 12.1 Å². The molecule has 2 rings (SSSR count). The summed E-state index contributed by atoms with van der Waals surface area (Å²) in [5.41, 5.74) is 0.392. The molecule has 1 amide bonds. The summed E-state index contributed by atoms with van der Waals surface area (Å²) in [4.78, 5) is 22.8. The Bertz CT molecular complexity index is 563. The number of likely N-dealkylation sites (tertiary alicyclic amines) is 1. The third kappa shape index (κ3) is 5.53. The molecule has 1 aromatic heterocycles. The maximum Gasteiger partial charge on any atom is 0.410 e. The Morgan fingerprint density at radius 2 is 2.22 bits per heavy atom. The number of rotatable bonds is 3. The molecule has 0 saturated carbocycles. The van der Waals surface area contributed by atoms with Crippen LogP contribution in [0.1, 0.15) is 45.6 Å². The first-order valence-electron chi connectivity index (χ1n) is 7.88. The molecule has 1 aromatic rings. The number of thioether (sulfide) groups is 1. The smallest absolute Gasteiger partial charge is 0.410 e. The Morgan fingerprint density at radius 3 is 2.87 bits per heavy atom. The van der Waals surface area contributed by atoms with E-state index >= 15 is 0 Å². The van der Waals surface area contributed by atoms with Gasteiger partial charge < -0.3 is 9.64 Å². The molecule has 0 bridgehead atoms. The van der Waals surface area contributed by atoms with E-state index in [1.54, 1.807) is 6.20 Å². The Morgan fingerprint density at radius 1 is 1.48 bits per heavy atom. The zero-order valence-electron chi connectivity index (χ0n) is 14.1. The average Bonchev–Trinajstić information content (AvgIpc) is 2.47. The van der Waals surface area contributed by atoms with Gasteiger partial charge in [0.2, 0.25) is 0 Å². The highest BCUT2D eigenvalue weighted by Crippen LogP contribution is 2.26. The van der Waals surface area contributed by atoms with E-state index in [4.69, 9.17) is 16.3 Å². The van der Waals surface area contributed by atoms with Crippen LogP contribution in [0.5, 0.6) is 0 Å². The molecule has 0 radical (unpaired) electrons. The van der Waals surface area contributed by atoms with Gasteiger partial charge in [0.25, 0.3) is 0 Å². The summed E-state index contributed by atoms with van der Waals surface area (Å²) in [7, 11) is 0. The Hall–Kier alpha value is -1.01. The molecule has 1 fully saturated rings. The lowest BCUT2D eigenvalue weighted by molar-refractivity contribution is 0.0125. The highest BCUT2D eigenvalue weighted by molar-refractivity contribution is 7.99. The van der Waals surface area contributed by atoms with Crippen molar-refractivity contribution in [2.45, 2.75) is 63.8 Å². The lowest BCUT2D eigenvalue weighted by atomic mass is 10.0. The van der Waals surface area contributed by atoms with Crippen molar-refractivity contribution in [3.05, 3.63) is 16.9 Å². The maximum absolute atomic E-state index is 12.4. The number of carbonyl (C=O) groups is 1. The second-order valence-corrected chi connectivity index (χ2v) is 8.11. The molecular formula is C16H24ClN3O2S. The van der Waals surface area contributed by atoms with Gasteiger partial charge in [-0.15, -0.1) is 0 Å². The predicted octanol–water partition coefficient (Wildman–Crippen LogP) is 4.32. The van der Waals surface area contributed by atoms with Crippen LogP contribution in [0.4, 0.5) is 4.79 Å². The number of halogens is 1. The topological polar surface area (TPSA) is 55.3 Å². The number of hydrogen-bond acceptors (Lipinski definition) is 5. The fourth-order valence-electron chi connectivity index (χ4n) is 2.38. The van der Waals surface area contributed by atoms with E-state index in [1.807, 2.05) is 32.6 Å². The van der Waals surface area contributed by atoms with Gasteiger partial charge >= 0.3 is 6.09 Å². The van der Waals surface area contributed by atoms with E-state index in [1.165, 1.54) is 11.8 Å². The fourth-order valence-corrected chi connectivity index (χ4v) is 3.53. The van der Waals surface area contributed by atoms with Gasteiger partial charge in [0.1, 0.15) is 10.8 Å². The number of piperidine rings is 1. The molecule has 1 aliphatic rings. The summed E-state index contributed by atoms with van der Waals surface area (Å²) >= 11 is 7.57. The standard InChI is InChI=1S/C16H24ClN3O2S/c1-11-9-18-14(19-13(11)17)23-10-12-7-5-6-8-20(12)15(21)22-16(2,3)4/h9,12H,5-8,10H2,1-4H3. The molecule has 0 spiro atoms. The molecule has 0 aromatic carbocycles.